The summed E-state index contributed by atoms with van der Waals surface area (Å²) in [6, 6.07) is -0.305. The molecular weight excluding hydrogens is 230 g/mol. The second-order valence-electron chi connectivity index (χ2n) is 5.57. The number of likely N-dealkylation sites (tertiary alicyclic amines) is 1. The zero-order valence-corrected chi connectivity index (χ0v) is 11.0. The molecule has 2 aliphatic rings. The molecule has 18 heavy (non-hydrogen) atoms. The number of carbonyl (C=O) groups is 2. The van der Waals surface area contributed by atoms with Crippen LogP contribution in [-0.2, 0) is 9.59 Å². The number of likely N-dealkylation sites (N-methyl/N-ethyl adjacent to an activating group) is 1. The predicted molar refractivity (Wildman–Crippen MR) is 68.7 cm³/mol. The van der Waals surface area contributed by atoms with Crippen LogP contribution in [0.25, 0.3) is 0 Å². The molecule has 0 spiro atoms. The summed E-state index contributed by atoms with van der Waals surface area (Å²) >= 11 is 0. The van der Waals surface area contributed by atoms with E-state index in [0.29, 0.717) is 12.5 Å². The first kappa shape index (κ1) is 13.3. The Hall–Kier alpha value is -1.10. The number of nitrogens with two attached hydrogens (primary N) is 1. The van der Waals surface area contributed by atoms with Gasteiger partial charge in [-0.2, -0.15) is 0 Å². The SMILES string of the molecule is CN1CCC(NC(=O)C2CCCC(CN)C2)C1=O. The molecule has 0 aromatic heterocycles. The van der Waals surface area contributed by atoms with Crippen LogP contribution in [0.5, 0.6) is 0 Å². The molecule has 102 valence electrons. The fourth-order valence-electron chi connectivity index (χ4n) is 2.99. The van der Waals surface area contributed by atoms with Gasteiger partial charge >= 0.3 is 0 Å². The van der Waals surface area contributed by atoms with Crippen molar-refractivity contribution in [3.63, 3.8) is 0 Å². The maximum Gasteiger partial charge on any atom is 0.244 e. The maximum atomic E-state index is 12.1. The standard InChI is InChI=1S/C13H23N3O2/c1-16-6-5-11(13(16)18)15-12(17)10-4-2-3-9(7-10)8-14/h9-11H,2-8,14H2,1H3,(H,15,17). The largest absolute Gasteiger partial charge is 0.344 e. The van der Waals surface area contributed by atoms with Gasteiger partial charge in [0.2, 0.25) is 11.8 Å². The maximum absolute atomic E-state index is 12.1. The van der Waals surface area contributed by atoms with Crippen LogP contribution >= 0.6 is 0 Å². The first-order valence-corrected chi connectivity index (χ1v) is 6.87. The van der Waals surface area contributed by atoms with Crippen molar-refractivity contribution in [1.29, 1.82) is 0 Å². The summed E-state index contributed by atoms with van der Waals surface area (Å²) < 4.78 is 0. The van der Waals surface area contributed by atoms with Gasteiger partial charge in [0, 0.05) is 19.5 Å². The van der Waals surface area contributed by atoms with Gasteiger partial charge in [-0.15, -0.1) is 0 Å². The minimum atomic E-state index is -0.305. The Bertz CT molecular complexity index is 332. The minimum absolute atomic E-state index is 0.0366. The van der Waals surface area contributed by atoms with Gasteiger partial charge in [-0.05, 0) is 38.1 Å². The Labute approximate surface area is 108 Å². The fourth-order valence-corrected chi connectivity index (χ4v) is 2.99. The van der Waals surface area contributed by atoms with E-state index < -0.39 is 0 Å². The molecule has 2 amide bonds. The van der Waals surface area contributed by atoms with Crippen LogP contribution in [0.4, 0.5) is 0 Å². The summed E-state index contributed by atoms with van der Waals surface area (Å²) in [5, 5.41) is 2.90. The van der Waals surface area contributed by atoms with E-state index in [0.717, 1.165) is 38.6 Å². The minimum Gasteiger partial charge on any atom is -0.344 e. The molecule has 5 heteroatoms. The van der Waals surface area contributed by atoms with Crippen LogP contribution in [0.15, 0.2) is 0 Å². The van der Waals surface area contributed by atoms with Crippen LogP contribution in [0.3, 0.4) is 0 Å². The quantitative estimate of drug-likeness (QED) is 0.749. The summed E-state index contributed by atoms with van der Waals surface area (Å²) in [5.74, 6) is 0.596. The molecule has 1 aliphatic carbocycles. The zero-order chi connectivity index (χ0) is 13.1. The number of rotatable bonds is 3. The average Bonchev–Trinajstić information content (AvgIpc) is 2.71. The molecule has 1 saturated carbocycles. The van der Waals surface area contributed by atoms with Crippen molar-refractivity contribution in [3.05, 3.63) is 0 Å². The van der Waals surface area contributed by atoms with E-state index in [4.69, 9.17) is 5.73 Å². The number of hydrogen-bond donors (Lipinski definition) is 2. The number of amides is 2. The van der Waals surface area contributed by atoms with Crippen LogP contribution in [0, 0.1) is 11.8 Å². The van der Waals surface area contributed by atoms with E-state index in [9.17, 15) is 9.59 Å². The van der Waals surface area contributed by atoms with E-state index in [2.05, 4.69) is 5.32 Å². The molecule has 1 aliphatic heterocycles. The van der Waals surface area contributed by atoms with E-state index in [1.54, 1.807) is 11.9 Å². The number of nitrogens with one attached hydrogen (secondary N) is 1. The van der Waals surface area contributed by atoms with E-state index in [1.165, 1.54) is 0 Å². The lowest BCUT2D eigenvalue weighted by atomic mass is 9.81. The number of nitrogens with zero attached hydrogens (tertiary/aromatic N) is 1. The van der Waals surface area contributed by atoms with Crippen LogP contribution in [-0.4, -0.2) is 42.9 Å². The molecule has 0 radical (unpaired) electrons. The third-order valence-corrected chi connectivity index (χ3v) is 4.23. The summed E-state index contributed by atoms with van der Waals surface area (Å²) in [7, 11) is 1.78. The number of carbonyl (C=O) groups excluding carboxylic acids is 2. The van der Waals surface area contributed by atoms with Crippen molar-refractivity contribution >= 4 is 11.8 Å². The van der Waals surface area contributed by atoms with Crippen LogP contribution < -0.4 is 11.1 Å². The Balaban J connectivity index is 1.86. The lowest BCUT2D eigenvalue weighted by Crippen LogP contribution is -2.44. The monoisotopic (exact) mass is 253 g/mol. The van der Waals surface area contributed by atoms with Crippen LogP contribution in [0.1, 0.15) is 32.1 Å². The summed E-state index contributed by atoms with van der Waals surface area (Å²) in [6.07, 6.45) is 4.73. The van der Waals surface area contributed by atoms with E-state index >= 15 is 0 Å². The Morgan fingerprint density at radius 3 is 2.83 bits per heavy atom. The fraction of sp³-hybridized carbons (Fsp3) is 0.846. The van der Waals surface area contributed by atoms with Crippen molar-refractivity contribution < 1.29 is 9.59 Å². The van der Waals surface area contributed by atoms with Crippen LogP contribution in [0.2, 0.25) is 0 Å². The third kappa shape index (κ3) is 2.83. The Morgan fingerprint density at radius 2 is 2.22 bits per heavy atom. The van der Waals surface area contributed by atoms with Gasteiger partial charge < -0.3 is 16.0 Å². The van der Waals surface area contributed by atoms with Gasteiger partial charge in [0.05, 0.1) is 0 Å². The van der Waals surface area contributed by atoms with Crippen molar-refractivity contribution in [1.82, 2.24) is 10.2 Å². The first-order valence-electron chi connectivity index (χ1n) is 6.87. The molecule has 0 aromatic carbocycles. The second-order valence-corrected chi connectivity index (χ2v) is 5.57. The summed E-state index contributed by atoms with van der Waals surface area (Å²) in [5.41, 5.74) is 5.68. The highest BCUT2D eigenvalue weighted by atomic mass is 16.2. The van der Waals surface area contributed by atoms with Gasteiger partial charge in [-0.25, -0.2) is 0 Å². The lowest BCUT2D eigenvalue weighted by molar-refractivity contribution is -0.133. The van der Waals surface area contributed by atoms with Gasteiger partial charge in [0.1, 0.15) is 6.04 Å². The molecule has 0 aromatic rings. The van der Waals surface area contributed by atoms with Crippen molar-refractivity contribution in [2.75, 3.05) is 20.1 Å². The second kappa shape index (κ2) is 5.69. The highest BCUT2D eigenvalue weighted by molar-refractivity contribution is 5.89. The highest BCUT2D eigenvalue weighted by Gasteiger charge is 2.33. The molecule has 3 unspecified atom stereocenters. The molecule has 1 saturated heterocycles. The molecule has 2 rings (SSSR count). The molecule has 2 fully saturated rings. The smallest absolute Gasteiger partial charge is 0.244 e. The van der Waals surface area contributed by atoms with Crippen molar-refractivity contribution in [3.8, 4) is 0 Å². The molecular formula is C13H23N3O2. The first-order chi connectivity index (χ1) is 8.61. The van der Waals surface area contributed by atoms with Crippen molar-refractivity contribution in [2.45, 2.75) is 38.1 Å². The Morgan fingerprint density at radius 1 is 1.44 bits per heavy atom. The van der Waals surface area contributed by atoms with Gasteiger partial charge in [-0.3, -0.25) is 9.59 Å². The normalized spacial score (nSPS) is 32.7. The molecule has 1 heterocycles. The highest BCUT2D eigenvalue weighted by Crippen LogP contribution is 2.28. The topological polar surface area (TPSA) is 75.4 Å². The van der Waals surface area contributed by atoms with Crippen molar-refractivity contribution in [2.24, 2.45) is 17.6 Å². The zero-order valence-electron chi connectivity index (χ0n) is 11.0. The van der Waals surface area contributed by atoms with Gasteiger partial charge in [0.15, 0.2) is 0 Å². The summed E-state index contributed by atoms with van der Waals surface area (Å²) in [4.78, 5) is 25.6. The van der Waals surface area contributed by atoms with Gasteiger partial charge in [0.25, 0.3) is 0 Å². The van der Waals surface area contributed by atoms with E-state index in [-0.39, 0.29) is 23.8 Å². The lowest BCUT2D eigenvalue weighted by Gasteiger charge is -2.28. The number of hydrogen-bond acceptors (Lipinski definition) is 3. The molecule has 3 atom stereocenters. The molecule has 0 bridgehead atoms. The Kier molecular flexibility index (Phi) is 4.22. The average molecular weight is 253 g/mol. The summed E-state index contributed by atoms with van der Waals surface area (Å²) in [6.45, 7) is 1.40. The molecule has 3 N–H and O–H groups in total. The third-order valence-electron chi connectivity index (χ3n) is 4.23. The molecule has 5 nitrogen and oxygen atoms in total. The van der Waals surface area contributed by atoms with E-state index in [1.807, 2.05) is 0 Å². The van der Waals surface area contributed by atoms with Gasteiger partial charge in [-0.1, -0.05) is 6.42 Å². The predicted octanol–water partition coefficient (Wildman–Crippen LogP) is 0.0984.